The third kappa shape index (κ3) is 163. The van der Waals surface area contributed by atoms with Gasteiger partial charge in [0.15, 0.2) is 0 Å². The molecule has 20 heavy (non-hydrogen) atoms. The van der Waals surface area contributed by atoms with Crippen molar-refractivity contribution in [2.24, 2.45) is 0 Å². The topological polar surface area (TPSA) is 0 Å². The van der Waals surface area contributed by atoms with E-state index in [-0.39, 0.29) is 407 Å². The van der Waals surface area contributed by atoms with Crippen LogP contribution in [-0.2, 0) is 393 Å². The van der Waals surface area contributed by atoms with Crippen LogP contribution < -0.4 is 0 Å². The Labute approximate surface area is 434 Å². The molecule has 94 valence electrons. The average Bonchev–Trinajstić information content (AvgIpc) is 1.81. The Morgan fingerprint density at radius 1 is 0.350 bits per heavy atom. The summed E-state index contributed by atoms with van der Waals surface area (Å²) in [5.74, 6) is 0. The fourth-order valence-corrected chi connectivity index (χ4v) is 0. The summed E-state index contributed by atoms with van der Waals surface area (Å²) in [6, 6.07) is 0. The predicted molar refractivity (Wildman–Crippen MR) is 46.9 cm³/mol. The molecule has 0 N–H and O–H groups in total. The molecule has 0 aliphatic carbocycles. The molecular weight excluding hydrogens is 1160 g/mol. The first-order valence-electron chi connectivity index (χ1n) is 2.71. The van der Waals surface area contributed by atoms with E-state index in [0.29, 0.717) is 0 Å². The Morgan fingerprint density at radius 2 is 0.350 bits per heavy atom. The molecule has 0 nitrogen and oxygen atoms in total. The van der Waals surface area contributed by atoms with Gasteiger partial charge in [0.2, 0.25) is 0 Å². The Morgan fingerprint density at radius 3 is 0.350 bits per heavy atom. The van der Waals surface area contributed by atoms with Gasteiger partial charge in [-0.15, -0.1) is 0 Å². The summed E-state index contributed by atoms with van der Waals surface area (Å²) < 4.78 is 0. The van der Waals surface area contributed by atoms with Gasteiger partial charge in [-0.3, -0.25) is 0 Å². The molecule has 0 aromatic carbocycles. The van der Waals surface area contributed by atoms with Gasteiger partial charge < -0.3 is 14.4 Å². The number of hydrogen-bond donors (Lipinski definition) is 0. The molecule has 0 atom stereocenters. The predicted octanol–water partition coefficient (Wildman–Crippen LogP) is 3.95. The SMILES string of the molecule is C.CC.CC.[CH2-]C.[CH3-].[Y].[Y].[Y].[Y].[Y].[Y].[Y].[Y].[Y].[Y].[Y].[Y]. The van der Waals surface area contributed by atoms with Gasteiger partial charge in [0.05, 0.1) is 0 Å². The molecule has 0 aliphatic heterocycles. The molecule has 0 spiro atoms. The van der Waals surface area contributed by atoms with E-state index in [9.17, 15) is 0 Å². The maximum absolute atomic E-state index is 3.25. The Kier molecular flexibility index (Phi) is 1170. The molecule has 0 saturated carbocycles. The smallest absolute Gasteiger partial charge is 0 e. The molecule has 0 aromatic rings. The van der Waals surface area contributed by atoms with Crippen LogP contribution >= 0.6 is 0 Å². The minimum Gasteiger partial charge on any atom is -0.358 e. The van der Waals surface area contributed by atoms with Crippen LogP contribution in [0, 0.1) is 14.4 Å². The summed E-state index contributed by atoms with van der Waals surface area (Å²) >= 11 is 0. The molecule has 0 unspecified atom stereocenters. The van der Waals surface area contributed by atoms with Gasteiger partial charge in [0.1, 0.15) is 0 Å². The van der Waals surface area contributed by atoms with Crippen molar-refractivity contribution in [3.05, 3.63) is 14.4 Å². The van der Waals surface area contributed by atoms with Crippen molar-refractivity contribution in [1.82, 2.24) is 0 Å². The van der Waals surface area contributed by atoms with E-state index >= 15 is 0 Å². The molecule has 0 bridgehead atoms. The summed E-state index contributed by atoms with van der Waals surface area (Å²) in [5, 5.41) is 0. The Hall–Kier alpha value is 13.2. The first-order valence-corrected chi connectivity index (χ1v) is 2.71. The molecule has 0 fully saturated rings. The van der Waals surface area contributed by atoms with Gasteiger partial charge in [-0.05, 0) is 0 Å². The van der Waals surface area contributed by atoms with Crippen LogP contribution in [0.15, 0.2) is 0 Å². The average molecular weight is 1190 g/mol. The second-order valence-electron chi connectivity index (χ2n) is 0. The summed E-state index contributed by atoms with van der Waals surface area (Å²) in [6.45, 7) is 13.0. The van der Waals surface area contributed by atoms with Crippen molar-refractivity contribution in [1.29, 1.82) is 0 Å². The van der Waals surface area contributed by atoms with Gasteiger partial charge in [0, 0.05) is 393 Å². The van der Waals surface area contributed by atoms with Gasteiger partial charge in [-0.25, -0.2) is 0 Å². The zero-order valence-electron chi connectivity index (χ0n) is 13.6. The van der Waals surface area contributed by atoms with Crippen molar-refractivity contribution in [3.8, 4) is 0 Å². The molecular formula is C8H24Y12-2. The zero-order chi connectivity index (χ0) is 6.00. The quantitative estimate of drug-likeness (QED) is 0.323. The van der Waals surface area contributed by atoms with Crippen molar-refractivity contribution in [3.63, 3.8) is 0 Å². The first kappa shape index (κ1) is 131. The summed E-state index contributed by atoms with van der Waals surface area (Å²) in [6.07, 6.45) is 0. The molecule has 12 heteroatoms. The van der Waals surface area contributed by atoms with Crippen LogP contribution in [0.5, 0.6) is 0 Å². The fourth-order valence-electron chi connectivity index (χ4n) is 0. The van der Waals surface area contributed by atoms with Crippen molar-refractivity contribution >= 4 is 0 Å². The standard InChI is InChI=1S/2C2H6.C2H5.CH4.CH3.12Y/c3*1-2;;;;;;;;;;;;;;/h2*1-2H3;1H2,2H3;1H4;1H3;;;;;;;;;;;;/q;;-1;;-1;;;;;;;;;;;;. The van der Waals surface area contributed by atoms with Crippen LogP contribution in [0.2, 0.25) is 0 Å². The Bertz CT molecular complexity index is 19.4. The second kappa shape index (κ2) is 179. The normalized spacial score (nSPS) is 0.900. The molecule has 0 aromatic heterocycles. The number of hydrogen-bond acceptors (Lipinski definition) is 0. The molecule has 0 saturated heterocycles. The molecule has 0 heterocycles. The van der Waals surface area contributed by atoms with E-state index in [1.807, 2.05) is 27.7 Å². The molecule has 0 aliphatic rings. The van der Waals surface area contributed by atoms with Crippen molar-refractivity contribution < 1.29 is 393 Å². The van der Waals surface area contributed by atoms with Gasteiger partial charge in [0.25, 0.3) is 0 Å². The fraction of sp³-hybridized carbons (Fsp3) is 0.750. The monoisotopic (exact) mass is 1190 g/mol. The van der Waals surface area contributed by atoms with Crippen LogP contribution in [-0.4, -0.2) is 0 Å². The van der Waals surface area contributed by atoms with E-state index in [2.05, 4.69) is 6.92 Å². The van der Waals surface area contributed by atoms with Gasteiger partial charge >= 0.3 is 0 Å². The third-order valence-corrected chi connectivity index (χ3v) is 0. The van der Waals surface area contributed by atoms with E-state index in [0.717, 1.165) is 0 Å². The maximum atomic E-state index is 3.25. The van der Waals surface area contributed by atoms with E-state index in [4.69, 9.17) is 0 Å². The zero-order valence-corrected chi connectivity index (χ0v) is 47.7. The third-order valence-electron chi connectivity index (χ3n) is 0. The van der Waals surface area contributed by atoms with Crippen LogP contribution in [0.4, 0.5) is 0 Å². The van der Waals surface area contributed by atoms with Gasteiger partial charge in [-0.1, -0.05) is 35.1 Å². The minimum atomic E-state index is 0. The van der Waals surface area contributed by atoms with Crippen LogP contribution in [0.1, 0.15) is 42.0 Å². The molecule has 0 rings (SSSR count). The first-order chi connectivity index (χ1) is 3.00. The van der Waals surface area contributed by atoms with E-state index in [1.165, 1.54) is 0 Å². The number of rotatable bonds is 0. The summed E-state index contributed by atoms with van der Waals surface area (Å²) in [5.41, 5.74) is 0. The summed E-state index contributed by atoms with van der Waals surface area (Å²) in [7, 11) is 0. The van der Waals surface area contributed by atoms with Crippen LogP contribution in [0.25, 0.3) is 0 Å². The van der Waals surface area contributed by atoms with Crippen LogP contribution in [0.3, 0.4) is 0 Å². The Balaban J connectivity index is -0.000000000333. The summed E-state index contributed by atoms with van der Waals surface area (Å²) in [4.78, 5) is 0. The van der Waals surface area contributed by atoms with E-state index in [1.54, 1.807) is 6.92 Å². The second-order valence-corrected chi connectivity index (χ2v) is 0. The maximum Gasteiger partial charge on any atom is 0 e. The molecule has 12 radical (unpaired) electrons. The van der Waals surface area contributed by atoms with Crippen molar-refractivity contribution in [2.45, 2.75) is 42.0 Å². The van der Waals surface area contributed by atoms with Gasteiger partial charge in [-0.2, -0.15) is 6.92 Å². The van der Waals surface area contributed by atoms with Crippen molar-refractivity contribution in [2.75, 3.05) is 0 Å². The largest absolute Gasteiger partial charge is 0.358 e. The molecule has 0 amide bonds. The minimum absolute atomic E-state index is 0. The van der Waals surface area contributed by atoms with E-state index < -0.39 is 0 Å².